The molecule has 168 valence electrons. The third-order valence-corrected chi connectivity index (χ3v) is 4.96. The number of anilines is 1. The van der Waals surface area contributed by atoms with Gasteiger partial charge in [0, 0.05) is 5.69 Å². The normalized spacial score (nSPS) is 11.2. The van der Waals surface area contributed by atoms with E-state index in [-0.39, 0.29) is 25.1 Å². The van der Waals surface area contributed by atoms with Gasteiger partial charge in [0.1, 0.15) is 13.2 Å². The zero-order valence-corrected chi connectivity index (χ0v) is 18.6. The van der Waals surface area contributed by atoms with Gasteiger partial charge in [-0.15, -0.1) is 0 Å². The molecule has 0 aromatic heterocycles. The van der Waals surface area contributed by atoms with Crippen molar-refractivity contribution >= 4 is 17.6 Å². The summed E-state index contributed by atoms with van der Waals surface area (Å²) in [7, 11) is 0. The number of nitrogens with zero attached hydrogens (tertiary/aromatic N) is 2. The van der Waals surface area contributed by atoms with E-state index < -0.39 is 6.03 Å². The second-order valence-electron chi connectivity index (χ2n) is 7.61. The predicted molar refractivity (Wildman–Crippen MR) is 126 cm³/mol. The van der Waals surface area contributed by atoms with E-state index in [2.05, 4.69) is 10.6 Å². The molecule has 0 saturated heterocycles. The van der Waals surface area contributed by atoms with Crippen LogP contribution in [0.1, 0.15) is 35.2 Å². The average molecular weight is 443 g/mol. The lowest BCUT2D eigenvalue weighted by molar-refractivity contribution is -0.147. The van der Waals surface area contributed by atoms with Crippen LogP contribution in [0.15, 0.2) is 78.9 Å². The van der Waals surface area contributed by atoms with Crippen molar-refractivity contribution in [2.75, 3.05) is 11.9 Å². The zero-order chi connectivity index (χ0) is 23.6. The van der Waals surface area contributed by atoms with Crippen molar-refractivity contribution in [1.29, 1.82) is 5.26 Å². The molecule has 0 radical (unpaired) electrons. The monoisotopic (exact) mass is 442 g/mol. The highest BCUT2D eigenvalue weighted by Gasteiger charge is 2.20. The molecule has 0 bridgehead atoms. The molecule has 0 aliphatic rings. The molecule has 0 saturated carbocycles. The van der Waals surface area contributed by atoms with Crippen LogP contribution < -0.4 is 10.6 Å². The number of hydrogen-bond acceptors (Lipinski definition) is 4. The van der Waals surface area contributed by atoms with E-state index in [9.17, 15) is 9.59 Å². The van der Waals surface area contributed by atoms with Gasteiger partial charge in [-0.2, -0.15) is 10.3 Å². The Morgan fingerprint density at radius 1 is 1.00 bits per heavy atom. The Hall–Kier alpha value is -4.15. The van der Waals surface area contributed by atoms with Crippen LogP contribution in [0.25, 0.3) is 0 Å². The van der Waals surface area contributed by atoms with E-state index in [1.54, 1.807) is 24.3 Å². The number of hydrogen-bond donors (Lipinski definition) is 2. The molecule has 1 atom stereocenters. The first-order valence-corrected chi connectivity index (χ1v) is 10.6. The standard InChI is InChI=1S/C26H26N4O3/c1-19-8-12-23(13-9-19)20(2)28-25(31)17-30(33-18-22-6-4-3-5-7-22)26(32)29-24-14-10-21(16-27)11-15-24/h3-15,20H,17-18H2,1-2H3,(H,28,31)(H,29,32)/t20-/m0/s1. The van der Waals surface area contributed by atoms with E-state index in [1.807, 2.05) is 74.5 Å². The van der Waals surface area contributed by atoms with Crippen LogP contribution >= 0.6 is 0 Å². The minimum atomic E-state index is -0.589. The highest BCUT2D eigenvalue weighted by atomic mass is 16.7. The molecule has 0 fully saturated rings. The van der Waals surface area contributed by atoms with E-state index in [0.717, 1.165) is 21.8 Å². The molecule has 3 amide bonds. The molecule has 33 heavy (non-hydrogen) atoms. The van der Waals surface area contributed by atoms with E-state index >= 15 is 0 Å². The largest absolute Gasteiger partial charge is 0.348 e. The number of rotatable bonds is 8. The fourth-order valence-corrected chi connectivity index (χ4v) is 3.07. The average Bonchev–Trinajstić information content (AvgIpc) is 2.83. The summed E-state index contributed by atoms with van der Waals surface area (Å²) in [6.45, 7) is 3.73. The quantitative estimate of drug-likeness (QED) is 0.494. The van der Waals surface area contributed by atoms with Gasteiger partial charge >= 0.3 is 6.03 Å². The number of aryl methyl sites for hydroxylation is 1. The zero-order valence-electron chi connectivity index (χ0n) is 18.6. The SMILES string of the molecule is Cc1ccc([C@H](C)NC(=O)CN(OCc2ccccc2)C(=O)Nc2ccc(C#N)cc2)cc1. The molecule has 0 aliphatic heterocycles. The molecule has 3 rings (SSSR count). The Kier molecular flexibility index (Phi) is 8.17. The second-order valence-corrected chi connectivity index (χ2v) is 7.61. The van der Waals surface area contributed by atoms with Crippen molar-refractivity contribution in [2.45, 2.75) is 26.5 Å². The van der Waals surface area contributed by atoms with Gasteiger partial charge in [0.2, 0.25) is 5.91 Å². The van der Waals surface area contributed by atoms with Crippen LogP contribution in [0.4, 0.5) is 10.5 Å². The number of carbonyl (C=O) groups excluding carboxylic acids is 2. The minimum absolute atomic E-state index is 0.127. The minimum Gasteiger partial charge on any atom is -0.348 e. The highest BCUT2D eigenvalue weighted by molar-refractivity contribution is 5.91. The van der Waals surface area contributed by atoms with Gasteiger partial charge in [-0.05, 0) is 49.2 Å². The van der Waals surface area contributed by atoms with Crippen LogP contribution in [0.3, 0.4) is 0 Å². The lowest BCUT2D eigenvalue weighted by atomic mass is 10.1. The summed E-state index contributed by atoms with van der Waals surface area (Å²) in [5, 5.41) is 15.5. The molecule has 2 N–H and O–H groups in total. The fraction of sp³-hybridized carbons (Fsp3) is 0.192. The highest BCUT2D eigenvalue weighted by Crippen LogP contribution is 2.14. The van der Waals surface area contributed by atoms with Crippen molar-refractivity contribution in [3.05, 3.63) is 101 Å². The van der Waals surface area contributed by atoms with E-state index in [1.165, 1.54) is 0 Å². The van der Waals surface area contributed by atoms with Crippen LogP contribution in [-0.4, -0.2) is 23.5 Å². The lowest BCUT2D eigenvalue weighted by Crippen LogP contribution is -2.43. The molecule has 7 heteroatoms. The van der Waals surface area contributed by atoms with Gasteiger partial charge in [-0.1, -0.05) is 60.2 Å². The predicted octanol–water partition coefficient (Wildman–Crippen LogP) is 4.71. The van der Waals surface area contributed by atoms with Crippen molar-refractivity contribution in [1.82, 2.24) is 10.4 Å². The van der Waals surface area contributed by atoms with Crippen molar-refractivity contribution < 1.29 is 14.4 Å². The van der Waals surface area contributed by atoms with Crippen molar-refractivity contribution in [3.8, 4) is 6.07 Å². The third kappa shape index (κ3) is 7.20. The van der Waals surface area contributed by atoms with Gasteiger partial charge in [0.25, 0.3) is 0 Å². The maximum atomic E-state index is 12.9. The molecule has 3 aromatic carbocycles. The van der Waals surface area contributed by atoms with Crippen LogP contribution in [-0.2, 0) is 16.2 Å². The topological polar surface area (TPSA) is 94.5 Å². The first kappa shape index (κ1) is 23.5. The second kappa shape index (κ2) is 11.5. The number of urea groups is 1. The van der Waals surface area contributed by atoms with Crippen molar-refractivity contribution in [2.24, 2.45) is 0 Å². The summed E-state index contributed by atoms with van der Waals surface area (Å²) in [4.78, 5) is 31.3. The maximum absolute atomic E-state index is 12.9. The summed E-state index contributed by atoms with van der Waals surface area (Å²) in [5.74, 6) is -0.355. The number of amides is 3. The van der Waals surface area contributed by atoms with Gasteiger partial charge in [-0.25, -0.2) is 4.79 Å². The molecule has 0 heterocycles. The summed E-state index contributed by atoms with van der Waals surface area (Å²) >= 11 is 0. The number of carbonyl (C=O) groups is 2. The summed E-state index contributed by atoms with van der Waals surface area (Å²) in [6.07, 6.45) is 0. The number of nitriles is 1. The summed E-state index contributed by atoms with van der Waals surface area (Å²) in [5.41, 5.74) is 3.93. The third-order valence-electron chi connectivity index (χ3n) is 4.96. The molecular formula is C26H26N4O3. The number of nitrogens with one attached hydrogen (secondary N) is 2. The Morgan fingerprint density at radius 3 is 2.30 bits per heavy atom. The first-order valence-electron chi connectivity index (χ1n) is 10.6. The summed E-state index contributed by atoms with van der Waals surface area (Å²) in [6, 6.07) is 24.9. The fourth-order valence-electron chi connectivity index (χ4n) is 3.07. The van der Waals surface area contributed by atoms with Gasteiger partial charge in [0.05, 0.1) is 17.7 Å². The van der Waals surface area contributed by atoms with Gasteiger partial charge < -0.3 is 10.6 Å². The van der Waals surface area contributed by atoms with Crippen molar-refractivity contribution in [3.63, 3.8) is 0 Å². The lowest BCUT2D eigenvalue weighted by Gasteiger charge is -2.23. The van der Waals surface area contributed by atoms with Gasteiger partial charge in [-0.3, -0.25) is 9.63 Å². The summed E-state index contributed by atoms with van der Waals surface area (Å²) < 4.78 is 0. The molecular weight excluding hydrogens is 416 g/mol. The Morgan fingerprint density at radius 2 is 1.67 bits per heavy atom. The van der Waals surface area contributed by atoms with E-state index in [0.29, 0.717) is 11.3 Å². The molecule has 0 unspecified atom stereocenters. The van der Waals surface area contributed by atoms with E-state index in [4.69, 9.17) is 10.1 Å². The number of benzene rings is 3. The van der Waals surface area contributed by atoms with Crippen LogP contribution in [0, 0.1) is 18.3 Å². The molecule has 3 aromatic rings. The molecule has 0 spiro atoms. The maximum Gasteiger partial charge on any atom is 0.346 e. The number of hydroxylamine groups is 2. The van der Waals surface area contributed by atoms with Crippen LogP contribution in [0.5, 0.6) is 0 Å². The smallest absolute Gasteiger partial charge is 0.346 e. The molecule has 7 nitrogen and oxygen atoms in total. The Bertz CT molecular complexity index is 1110. The Balaban J connectivity index is 1.66. The Labute approximate surface area is 193 Å². The van der Waals surface area contributed by atoms with Gasteiger partial charge in [0.15, 0.2) is 0 Å². The molecule has 0 aliphatic carbocycles. The van der Waals surface area contributed by atoms with Crippen LogP contribution in [0.2, 0.25) is 0 Å². The first-order chi connectivity index (χ1) is 15.9.